The van der Waals surface area contributed by atoms with E-state index in [-0.39, 0.29) is 24.1 Å². The van der Waals surface area contributed by atoms with Gasteiger partial charge in [-0.25, -0.2) is 9.78 Å². The molecule has 0 unspecified atom stereocenters. The lowest BCUT2D eigenvalue weighted by Crippen LogP contribution is -2.45. The van der Waals surface area contributed by atoms with E-state index < -0.39 is 5.97 Å². The van der Waals surface area contributed by atoms with Crippen molar-refractivity contribution in [1.29, 1.82) is 0 Å². The van der Waals surface area contributed by atoms with Gasteiger partial charge in [0.05, 0.1) is 5.56 Å². The third-order valence-electron chi connectivity index (χ3n) is 3.71. The number of ether oxygens (including phenoxy) is 1. The van der Waals surface area contributed by atoms with Crippen LogP contribution in [0.5, 0.6) is 0 Å². The molecule has 1 atom stereocenters. The summed E-state index contributed by atoms with van der Waals surface area (Å²) in [5, 5.41) is 0.307. The number of carbonyl (C=O) groups excluding carboxylic acids is 2. The number of esters is 1. The van der Waals surface area contributed by atoms with E-state index in [0.29, 0.717) is 5.15 Å². The van der Waals surface area contributed by atoms with Crippen LogP contribution in [0, 0.1) is 0 Å². The molecule has 1 amide bonds. The summed E-state index contributed by atoms with van der Waals surface area (Å²) in [6.07, 6.45) is 5.46. The summed E-state index contributed by atoms with van der Waals surface area (Å²) in [5.41, 5.74) is 0.290. The van der Waals surface area contributed by atoms with Crippen molar-refractivity contribution < 1.29 is 14.3 Å². The summed E-state index contributed by atoms with van der Waals surface area (Å²) in [4.78, 5) is 29.6. The Kier molecular flexibility index (Phi) is 5.56. The van der Waals surface area contributed by atoms with Crippen LogP contribution >= 0.6 is 11.6 Å². The van der Waals surface area contributed by atoms with Gasteiger partial charge in [-0.15, -0.1) is 0 Å². The minimum Gasteiger partial charge on any atom is -0.452 e. The van der Waals surface area contributed by atoms with E-state index in [9.17, 15) is 9.59 Å². The Morgan fingerprint density at radius 3 is 2.90 bits per heavy atom. The van der Waals surface area contributed by atoms with Crippen LogP contribution in [-0.2, 0) is 9.53 Å². The average molecular weight is 311 g/mol. The van der Waals surface area contributed by atoms with Gasteiger partial charge >= 0.3 is 5.97 Å². The van der Waals surface area contributed by atoms with Gasteiger partial charge < -0.3 is 9.64 Å². The van der Waals surface area contributed by atoms with Gasteiger partial charge in [0.1, 0.15) is 5.15 Å². The van der Waals surface area contributed by atoms with Crippen LogP contribution in [0.15, 0.2) is 18.3 Å². The van der Waals surface area contributed by atoms with E-state index in [4.69, 9.17) is 16.3 Å². The molecule has 2 heterocycles. The van der Waals surface area contributed by atoms with E-state index in [1.807, 2.05) is 4.90 Å². The van der Waals surface area contributed by atoms with E-state index >= 15 is 0 Å². The predicted molar refractivity (Wildman–Crippen MR) is 79.2 cm³/mol. The van der Waals surface area contributed by atoms with E-state index in [2.05, 4.69) is 11.9 Å². The van der Waals surface area contributed by atoms with Crippen LogP contribution < -0.4 is 0 Å². The minimum atomic E-state index is -0.558. The van der Waals surface area contributed by atoms with Crippen LogP contribution in [-0.4, -0.2) is 41.0 Å². The molecule has 21 heavy (non-hydrogen) atoms. The number of hydrogen-bond donors (Lipinski definition) is 0. The Balaban J connectivity index is 1.88. The molecule has 0 N–H and O–H groups in total. The Hall–Kier alpha value is -1.62. The molecular formula is C15H19ClN2O3. The molecule has 0 saturated carbocycles. The second-order valence-corrected chi connectivity index (χ2v) is 5.48. The number of rotatable bonds is 4. The maximum atomic E-state index is 12.2. The van der Waals surface area contributed by atoms with Gasteiger partial charge in [-0.2, -0.15) is 0 Å². The largest absolute Gasteiger partial charge is 0.452 e. The summed E-state index contributed by atoms with van der Waals surface area (Å²) >= 11 is 5.65. The topological polar surface area (TPSA) is 59.5 Å². The zero-order valence-corrected chi connectivity index (χ0v) is 12.8. The first kappa shape index (κ1) is 15.8. The summed E-state index contributed by atoms with van der Waals surface area (Å²) in [6.45, 7) is 2.59. The molecule has 0 aliphatic carbocycles. The highest BCUT2D eigenvalue weighted by Crippen LogP contribution is 2.19. The fourth-order valence-corrected chi connectivity index (χ4v) is 2.66. The monoisotopic (exact) mass is 310 g/mol. The fraction of sp³-hybridized carbons (Fsp3) is 0.533. The van der Waals surface area contributed by atoms with Gasteiger partial charge in [0, 0.05) is 18.8 Å². The third kappa shape index (κ3) is 4.17. The molecular weight excluding hydrogens is 292 g/mol. The number of halogens is 1. The van der Waals surface area contributed by atoms with Crippen LogP contribution in [0.4, 0.5) is 0 Å². The quantitative estimate of drug-likeness (QED) is 0.633. The minimum absolute atomic E-state index is 0.128. The number of likely N-dealkylation sites (tertiary alicyclic amines) is 1. The van der Waals surface area contributed by atoms with Crippen LogP contribution in [0.25, 0.3) is 0 Å². The van der Waals surface area contributed by atoms with Gasteiger partial charge in [0.2, 0.25) is 0 Å². The Bertz CT molecular complexity index is 504. The molecule has 1 saturated heterocycles. The molecule has 114 valence electrons. The molecule has 1 aliphatic heterocycles. The van der Waals surface area contributed by atoms with Crippen LogP contribution in [0.2, 0.25) is 5.15 Å². The molecule has 0 radical (unpaired) electrons. The molecule has 0 bridgehead atoms. The van der Waals surface area contributed by atoms with Gasteiger partial charge in [0.15, 0.2) is 6.61 Å². The molecule has 1 aromatic rings. The van der Waals surface area contributed by atoms with Gasteiger partial charge in [-0.3, -0.25) is 4.79 Å². The zero-order chi connectivity index (χ0) is 15.2. The first-order chi connectivity index (χ1) is 10.1. The second kappa shape index (κ2) is 7.41. The van der Waals surface area contributed by atoms with Gasteiger partial charge in [-0.05, 0) is 37.8 Å². The second-order valence-electron chi connectivity index (χ2n) is 5.09. The lowest BCUT2D eigenvalue weighted by molar-refractivity contribution is -0.138. The maximum Gasteiger partial charge on any atom is 0.340 e. The molecule has 0 aromatic carbocycles. The number of piperidine rings is 1. The van der Waals surface area contributed by atoms with Gasteiger partial charge in [0.25, 0.3) is 5.91 Å². The van der Waals surface area contributed by atoms with Crippen LogP contribution in [0.3, 0.4) is 0 Å². The molecule has 0 spiro atoms. The van der Waals surface area contributed by atoms with Crippen molar-refractivity contribution in [3.05, 3.63) is 29.0 Å². The smallest absolute Gasteiger partial charge is 0.340 e. The van der Waals surface area contributed by atoms with Crippen molar-refractivity contribution >= 4 is 23.5 Å². The number of carbonyl (C=O) groups is 2. The molecule has 2 rings (SSSR count). The number of nitrogens with zero attached hydrogens (tertiary/aromatic N) is 2. The van der Waals surface area contributed by atoms with Crippen molar-refractivity contribution in [1.82, 2.24) is 9.88 Å². The van der Waals surface area contributed by atoms with E-state index in [1.165, 1.54) is 18.3 Å². The highest BCUT2D eigenvalue weighted by atomic mass is 35.5. The van der Waals surface area contributed by atoms with Crippen molar-refractivity contribution in [2.24, 2.45) is 0 Å². The molecule has 1 fully saturated rings. The predicted octanol–water partition coefficient (Wildman–Crippen LogP) is 2.68. The highest BCUT2D eigenvalue weighted by Gasteiger charge is 2.26. The van der Waals surface area contributed by atoms with Crippen molar-refractivity contribution in [2.45, 2.75) is 38.6 Å². The SMILES string of the molecule is CC[C@@H]1CCCCN1C(=O)COC(=O)c1ccc(Cl)nc1. The summed E-state index contributed by atoms with van der Waals surface area (Å²) in [6, 6.07) is 3.30. The normalized spacial score (nSPS) is 18.4. The number of hydrogen-bond acceptors (Lipinski definition) is 4. The summed E-state index contributed by atoms with van der Waals surface area (Å²) in [7, 11) is 0. The number of pyridine rings is 1. The Labute approximate surface area is 129 Å². The maximum absolute atomic E-state index is 12.2. The Morgan fingerprint density at radius 1 is 1.43 bits per heavy atom. The lowest BCUT2D eigenvalue weighted by Gasteiger charge is -2.35. The standard InChI is InChI=1S/C15H19ClN2O3/c1-2-12-5-3-4-8-18(12)14(19)10-21-15(20)11-6-7-13(16)17-9-11/h6-7,9,12H,2-5,8,10H2,1H3/t12-/m1/s1. The van der Waals surface area contributed by atoms with Crippen molar-refractivity contribution in [3.8, 4) is 0 Å². The van der Waals surface area contributed by atoms with Crippen molar-refractivity contribution in [2.75, 3.05) is 13.2 Å². The van der Waals surface area contributed by atoms with Crippen LogP contribution in [0.1, 0.15) is 43.0 Å². The Morgan fingerprint density at radius 2 is 2.24 bits per heavy atom. The van der Waals surface area contributed by atoms with E-state index in [1.54, 1.807) is 0 Å². The van der Waals surface area contributed by atoms with Gasteiger partial charge in [-0.1, -0.05) is 18.5 Å². The van der Waals surface area contributed by atoms with Crippen molar-refractivity contribution in [3.63, 3.8) is 0 Å². The lowest BCUT2D eigenvalue weighted by atomic mass is 10.00. The molecule has 1 aliphatic rings. The first-order valence-corrected chi connectivity index (χ1v) is 7.57. The molecule has 5 nitrogen and oxygen atoms in total. The number of aromatic nitrogens is 1. The third-order valence-corrected chi connectivity index (χ3v) is 3.93. The fourth-order valence-electron chi connectivity index (χ4n) is 2.54. The van der Waals surface area contributed by atoms with E-state index in [0.717, 1.165) is 32.2 Å². The molecule has 1 aromatic heterocycles. The average Bonchev–Trinajstić information content (AvgIpc) is 2.52. The highest BCUT2D eigenvalue weighted by molar-refractivity contribution is 6.29. The zero-order valence-electron chi connectivity index (χ0n) is 12.0. The first-order valence-electron chi connectivity index (χ1n) is 7.20. The number of amides is 1. The summed E-state index contributed by atoms with van der Waals surface area (Å²) in [5.74, 6) is -0.686. The summed E-state index contributed by atoms with van der Waals surface area (Å²) < 4.78 is 5.06. The molecule has 6 heteroatoms.